The molecule has 9 nitrogen and oxygen atoms in total. The third-order valence-electron chi connectivity index (χ3n) is 4.03. The normalized spacial score (nSPS) is 15.5. The van der Waals surface area contributed by atoms with Gasteiger partial charge >= 0.3 is 0 Å². The number of nitrogens with one attached hydrogen (secondary N) is 1. The van der Waals surface area contributed by atoms with Gasteiger partial charge in [-0.1, -0.05) is 0 Å². The molecule has 2 aromatic heterocycles. The Kier molecular flexibility index (Phi) is 4.15. The van der Waals surface area contributed by atoms with Crippen LogP contribution < -0.4 is 10.1 Å². The highest BCUT2D eigenvalue weighted by molar-refractivity contribution is 5.36. The minimum Gasteiger partial charge on any atom is -0.487 e. The number of piperidine rings is 1. The lowest BCUT2D eigenvalue weighted by Gasteiger charge is -2.21. The zero-order chi connectivity index (χ0) is 16.2. The lowest BCUT2D eigenvalue weighted by atomic mass is 10.1. The first-order chi connectivity index (χ1) is 11.9. The second kappa shape index (κ2) is 6.75. The molecule has 0 spiro atoms. The number of hydrogen-bond donors (Lipinski definition) is 1. The molecule has 3 heterocycles. The van der Waals surface area contributed by atoms with E-state index in [0.29, 0.717) is 12.6 Å². The number of hydrogen-bond acceptors (Lipinski definition) is 7. The maximum absolute atomic E-state index is 5.78. The predicted octanol–water partition coefficient (Wildman–Crippen LogP) is 0.757. The summed E-state index contributed by atoms with van der Waals surface area (Å²) in [5.41, 5.74) is 1.71. The van der Waals surface area contributed by atoms with Gasteiger partial charge in [-0.3, -0.25) is 0 Å². The number of ether oxygens (including phenoxy) is 1. The van der Waals surface area contributed by atoms with Gasteiger partial charge in [-0.05, 0) is 60.6 Å². The molecule has 0 unspecified atom stereocenters. The molecule has 1 aliphatic rings. The summed E-state index contributed by atoms with van der Waals surface area (Å²) in [7, 11) is 0. The van der Waals surface area contributed by atoms with Crippen molar-refractivity contribution in [1.82, 2.24) is 40.5 Å². The monoisotopic (exact) mass is 326 g/mol. The van der Waals surface area contributed by atoms with Crippen LogP contribution in [0.25, 0.3) is 5.69 Å². The number of benzene rings is 1. The molecule has 0 radical (unpaired) electrons. The third kappa shape index (κ3) is 3.25. The molecule has 0 aliphatic carbocycles. The van der Waals surface area contributed by atoms with Crippen LogP contribution in [-0.2, 0) is 6.61 Å². The molecule has 0 atom stereocenters. The lowest BCUT2D eigenvalue weighted by Crippen LogP contribution is -2.30. The molecule has 0 bridgehead atoms. The lowest BCUT2D eigenvalue weighted by molar-refractivity contribution is 0.287. The first-order valence-electron chi connectivity index (χ1n) is 7.96. The van der Waals surface area contributed by atoms with Crippen LogP contribution in [0.5, 0.6) is 5.75 Å². The van der Waals surface area contributed by atoms with Gasteiger partial charge in [0.1, 0.15) is 24.4 Å². The van der Waals surface area contributed by atoms with Crippen LogP contribution in [0.4, 0.5) is 0 Å². The van der Waals surface area contributed by atoms with Crippen LogP contribution in [0.3, 0.4) is 0 Å². The maximum Gasteiger partial charge on any atom is 0.143 e. The maximum atomic E-state index is 5.78. The number of aromatic nitrogens is 7. The van der Waals surface area contributed by atoms with Crippen LogP contribution in [-0.4, -0.2) is 48.3 Å². The van der Waals surface area contributed by atoms with Gasteiger partial charge in [-0.15, -0.1) is 5.10 Å². The Morgan fingerprint density at radius 3 is 2.75 bits per heavy atom. The van der Waals surface area contributed by atoms with Crippen LogP contribution in [0.2, 0.25) is 0 Å². The molecular formula is C15H18N8O. The Bertz CT molecular complexity index is 761. The summed E-state index contributed by atoms with van der Waals surface area (Å²) >= 11 is 0. The molecule has 3 aromatic rings. The SMILES string of the molecule is c1cc(-n2cnnn2)ccc1OCc1cnn(C2CCNCC2)n1. The van der Waals surface area contributed by atoms with Crippen molar-refractivity contribution in [1.29, 1.82) is 0 Å². The average Bonchev–Trinajstić information content (AvgIpc) is 3.33. The molecule has 0 amide bonds. The van der Waals surface area contributed by atoms with Gasteiger partial charge < -0.3 is 10.1 Å². The Morgan fingerprint density at radius 2 is 2.00 bits per heavy atom. The van der Waals surface area contributed by atoms with E-state index in [1.165, 1.54) is 0 Å². The number of rotatable bonds is 5. The Hall–Kier alpha value is -2.81. The van der Waals surface area contributed by atoms with E-state index < -0.39 is 0 Å². The van der Waals surface area contributed by atoms with Crippen molar-refractivity contribution in [3.05, 3.63) is 42.5 Å². The molecule has 1 saturated heterocycles. The first kappa shape index (κ1) is 14.8. The van der Waals surface area contributed by atoms with Crippen LogP contribution in [0.1, 0.15) is 24.6 Å². The highest BCUT2D eigenvalue weighted by atomic mass is 16.5. The summed E-state index contributed by atoms with van der Waals surface area (Å²) in [4.78, 5) is 1.82. The fraction of sp³-hybridized carbons (Fsp3) is 0.400. The van der Waals surface area contributed by atoms with Crippen LogP contribution in [0.15, 0.2) is 36.8 Å². The molecule has 1 N–H and O–H groups in total. The Morgan fingerprint density at radius 1 is 1.17 bits per heavy atom. The zero-order valence-corrected chi connectivity index (χ0v) is 13.1. The molecule has 1 aliphatic heterocycles. The zero-order valence-electron chi connectivity index (χ0n) is 13.1. The van der Waals surface area contributed by atoms with Crippen LogP contribution in [0, 0.1) is 0 Å². The second-order valence-electron chi connectivity index (χ2n) is 5.67. The molecular weight excluding hydrogens is 308 g/mol. The molecule has 24 heavy (non-hydrogen) atoms. The van der Waals surface area contributed by atoms with Gasteiger partial charge in [-0.2, -0.15) is 15.0 Å². The fourth-order valence-corrected chi connectivity index (χ4v) is 2.72. The minimum absolute atomic E-state index is 0.385. The summed E-state index contributed by atoms with van der Waals surface area (Å²) in [6.45, 7) is 2.44. The van der Waals surface area contributed by atoms with Crippen LogP contribution >= 0.6 is 0 Å². The topological polar surface area (TPSA) is 95.6 Å². The van der Waals surface area contributed by atoms with E-state index in [-0.39, 0.29) is 0 Å². The highest BCUT2D eigenvalue weighted by Crippen LogP contribution is 2.18. The molecule has 4 rings (SSSR count). The summed E-state index contributed by atoms with van der Waals surface area (Å²) < 4.78 is 7.37. The summed E-state index contributed by atoms with van der Waals surface area (Å²) in [6.07, 6.45) is 5.45. The van der Waals surface area contributed by atoms with Gasteiger partial charge in [0.25, 0.3) is 0 Å². The summed E-state index contributed by atoms with van der Waals surface area (Å²) in [5.74, 6) is 0.767. The third-order valence-corrected chi connectivity index (χ3v) is 4.03. The average molecular weight is 326 g/mol. The number of tetrazole rings is 1. The van der Waals surface area contributed by atoms with Crippen molar-refractivity contribution in [3.63, 3.8) is 0 Å². The Labute approximate surface area is 138 Å². The highest BCUT2D eigenvalue weighted by Gasteiger charge is 2.17. The molecule has 9 heteroatoms. The van der Waals surface area contributed by atoms with Crippen molar-refractivity contribution in [2.24, 2.45) is 0 Å². The van der Waals surface area contributed by atoms with E-state index in [2.05, 4.69) is 31.0 Å². The quantitative estimate of drug-likeness (QED) is 0.739. The predicted molar refractivity (Wildman–Crippen MR) is 84.6 cm³/mol. The molecule has 1 aromatic carbocycles. The summed E-state index contributed by atoms with van der Waals surface area (Å²) in [6, 6.07) is 7.95. The number of nitrogens with zero attached hydrogens (tertiary/aromatic N) is 7. The molecule has 124 valence electrons. The van der Waals surface area contributed by atoms with Gasteiger partial charge in [0.15, 0.2) is 0 Å². The van der Waals surface area contributed by atoms with E-state index >= 15 is 0 Å². The van der Waals surface area contributed by atoms with Crippen molar-refractivity contribution in [2.45, 2.75) is 25.5 Å². The smallest absolute Gasteiger partial charge is 0.143 e. The van der Waals surface area contributed by atoms with E-state index in [0.717, 1.165) is 43.1 Å². The van der Waals surface area contributed by atoms with Gasteiger partial charge in [0, 0.05) is 0 Å². The van der Waals surface area contributed by atoms with Crippen molar-refractivity contribution >= 4 is 0 Å². The minimum atomic E-state index is 0.385. The first-order valence-corrected chi connectivity index (χ1v) is 7.96. The van der Waals surface area contributed by atoms with Gasteiger partial charge in [0.05, 0.1) is 17.9 Å². The second-order valence-corrected chi connectivity index (χ2v) is 5.67. The summed E-state index contributed by atoms with van der Waals surface area (Å²) in [5, 5.41) is 23.3. The van der Waals surface area contributed by atoms with E-state index in [1.807, 2.05) is 29.1 Å². The van der Waals surface area contributed by atoms with E-state index in [4.69, 9.17) is 4.74 Å². The molecule has 0 saturated carbocycles. The van der Waals surface area contributed by atoms with Crippen molar-refractivity contribution < 1.29 is 4.74 Å². The Balaban J connectivity index is 1.36. The van der Waals surface area contributed by atoms with E-state index in [9.17, 15) is 0 Å². The van der Waals surface area contributed by atoms with Gasteiger partial charge in [0.2, 0.25) is 0 Å². The van der Waals surface area contributed by atoms with Crippen molar-refractivity contribution in [2.75, 3.05) is 13.1 Å². The van der Waals surface area contributed by atoms with E-state index in [1.54, 1.807) is 17.2 Å². The van der Waals surface area contributed by atoms with Gasteiger partial charge in [-0.25, -0.2) is 4.68 Å². The largest absolute Gasteiger partial charge is 0.487 e. The fourth-order valence-electron chi connectivity index (χ4n) is 2.72. The molecule has 1 fully saturated rings. The standard InChI is InChI=1S/C15H18N8O/c1-3-15(4-2-13(1)22-11-17-20-21-22)24-10-12-9-18-23(19-12)14-5-7-16-8-6-14/h1-4,9,11,14,16H,5-8,10H2. The van der Waals surface area contributed by atoms with Crippen molar-refractivity contribution in [3.8, 4) is 11.4 Å².